The molecule has 0 spiro atoms. The van der Waals surface area contributed by atoms with Crippen LogP contribution in [0.1, 0.15) is 57.3 Å². The second kappa shape index (κ2) is 10.4. The second-order valence-electron chi connectivity index (χ2n) is 11.2. The van der Waals surface area contributed by atoms with Crippen LogP contribution in [0.5, 0.6) is 0 Å². The van der Waals surface area contributed by atoms with Gasteiger partial charge in [-0.15, -0.1) is 0 Å². The molecule has 0 bridgehead atoms. The van der Waals surface area contributed by atoms with Crippen LogP contribution >= 0.6 is 0 Å². The fourth-order valence-electron chi connectivity index (χ4n) is 5.98. The van der Waals surface area contributed by atoms with Crippen molar-refractivity contribution >= 4 is 34.6 Å². The van der Waals surface area contributed by atoms with Gasteiger partial charge in [-0.05, 0) is 61.4 Å². The van der Waals surface area contributed by atoms with Crippen molar-refractivity contribution in [2.75, 3.05) is 13.1 Å². The lowest BCUT2D eigenvalue weighted by Crippen LogP contribution is -2.59. The van der Waals surface area contributed by atoms with Crippen LogP contribution in [-0.4, -0.2) is 68.2 Å². The van der Waals surface area contributed by atoms with E-state index in [9.17, 15) is 9.59 Å². The molecule has 4 aromatic rings. The Kier molecular flexibility index (Phi) is 6.46. The van der Waals surface area contributed by atoms with Crippen LogP contribution in [0.4, 0.5) is 11.4 Å². The molecule has 5 heterocycles. The van der Waals surface area contributed by atoms with E-state index >= 15 is 0 Å². The summed E-state index contributed by atoms with van der Waals surface area (Å²) in [7, 11) is 0. The summed E-state index contributed by atoms with van der Waals surface area (Å²) >= 11 is 0. The molecule has 2 aromatic heterocycles. The summed E-state index contributed by atoms with van der Waals surface area (Å²) in [5.41, 5.74) is 8.17. The van der Waals surface area contributed by atoms with Gasteiger partial charge in [0.1, 0.15) is 11.4 Å². The lowest BCUT2D eigenvalue weighted by Gasteiger charge is -2.43. The first-order valence-corrected chi connectivity index (χ1v) is 14.3. The highest BCUT2D eigenvalue weighted by molar-refractivity contribution is 6.07. The SMILES string of the molecule is C[C@@H]1CN(C(=O)c2cccc(C3=Nc4ccccc4C3)n2)[C@@H](C)CN1C(=O)c1cccc(C2=Nc3ccccc3C2)n1. The molecule has 3 aliphatic heterocycles. The van der Waals surface area contributed by atoms with Crippen LogP contribution in [0.25, 0.3) is 0 Å². The number of amides is 2. The molecule has 0 saturated carbocycles. The largest absolute Gasteiger partial charge is 0.331 e. The summed E-state index contributed by atoms with van der Waals surface area (Å²) in [5.74, 6) is -0.281. The van der Waals surface area contributed by atoms with Gasteiger partial charge in [-0.1, -0.05) is 48.5 Å². The maximum absolute atomic E-state index is 13.7. The van der Waals surface area contributed by atoms with Gasteiger partial charge in [-0.3, -0.25) is 19.6 Å². The van der Waals surface area contributed by atoms with Gasteiger partial charge >= 0.3 is 0 Å². The predicted molar refractivity (Wildman–Crippen MR) is 162 cm³/mol. The maximum atomic E-state index is 13.7. The van der Waals surface area contributed by atoms with Crippen molar-refractivity contribution in [2.24, 2.45) is 9.98 Å². The zero-order valence-electron chi connectivity index (χ0n) is 23.6. The van der Waals surface area contributed by atoms with Crippen LogP contribution in [0.3, 0.4) is 0 Å². The summed E-state index contributed by atoms with van der Waals surface area (Å²) in [6, 6.07) is 26.8. The topological polar surface area (TPSA) is 91.1 Å². The molecule has 3 aliphatic rings. The molecular formula is C34H30N6O2. The van der Waals surface area contributed by atoms with Crippen LogP contribution < -0.4 is 0 Å². The number of pyridine rings is 2. The van der Waals surface area contributed by atoms with Crippen molar-refractivity contribution in [3.63, 3.8) is 0 Å². The number of rotatable bonds is 4. The molecular weight excluding hydrogens is 524 g/mol. The highest BCUT2D eigenvalue weighted by Gasteiger charge is 2.36. The molecule has 0 N–H and O–H groups in total. The van der Waals surface area contributed by atoms with E-state index in [2.05, 4.69) is 12.1 Å². The molecule has 0 unspecified atom stereocenters. The monoisotopic (exact) mass is 554 g/mol. The Morgan fingerprint density at radius 1 is 0.595 bits per heavy atom. The van der Waals surface area contributed by atoms with E-state index in [0.29, 0.717) is 48.7 Å². The highest BCUT2D eigenvalue weighted by atomic mass is 16.2. The van der Waals surface area contributed by atoms with E-state index in [1.165, 1.54) is 0 Å². The number of hydrogen-bond donors (Lipinski definition) is 0. The number of hydrogen-bond acceptors (Lipinski definition) is 6. The number of para-hydroxylation sites is 2. The molecule has 2 atom stereocenters. The Hall–Kier alpha value is -4.98. The maximum Gasteiger partial charge on any atom is 0.272 e. The molecule has 1 fully saturated rings. The Balaban J connectivity index is 1.05. The molecule has 2 amide bonds. The normalized spacial score (nSPS) is 19.2. The summed E-state index contributed by atoms with van der Waals surface area (Å²) in [6.07, 6.45) is 1.40. The van der Waals surface area contributed by atoms with Crippen LogP contribution in [0.15, 0.2) is 94.9 Å². The molecule has 7 rings (SSSR count). The average molecular weight is 555 g/mol. The van der Waals surface area contributed by atoms with E-state index in [1.807, 2.05) is 84.3 Å². The summed E-state index contributed by atoms with van der Waals surface area (Å²) < 4.78 is 0. The lowest BCUT2D eigenvalue weighted by molar-refractivity contribution is 0.0264. The van der Waals surface area contributed by atoms with Gasteiger partial charge in [-0.2, -0.15) is 0 Å². The molecule has 0 aliphatic carbocycles. The number of aromatic nitrogens is 2. The van der Waals surface area contributed by atoms with Gasteiger partial charge in [0.25, 0.3) is 11.8 Å². The van der Waals surface area contributed by atoms with Crippen molar-refractivity contribution in [3.8, 4) is 0 Å². The number of fused-ring (bicyclic) bond motifs is 2. The fraction of sp³-hybridized carbons (Fsp3) is 0.235. The fourth-order valence-corrected chi connectivity index (χ4v) is 5.98. The van der Waals surface area contributed by atoms with Gasteiger partial charge in [0.2, 0.25) is 0 Å². The van der Waals surface area contributed by atoms with E-state index in [1.54, 1.807) is 12.1 Å². The Bertz CT molecular complexity index is 1660. The van der Waals surface area contributed by atoms with Crippen molar-refractivity contribution < 1.29 is 9.59 Å². The Morgan fingerprint density at radius 2 is 1.02 bits per heavy atom. The van der Waals surface area contributed by atoms with Crippen LogP contribution in [0.2, 0.25) is 0 Å². The van der Waals surface area contributed by atoms with E-state index in [0.717, 1.165) is 33.9 Å². The van der Waals surface area contributed by atoms with E-state index in [4.69, 9.17) is 20.0 Å². The second-order valence-corrected chi connectivity index (χ2v) is 11.2. The number of carbonyl (C=O) groups is 2. The van der Waals surface area contributed by atoms with Gasteiger partial charge in [0, 0.05) is 38.0 Å². The molecule has 208 valence electrons. The zero-order chi connectivity index (χ0) is 28.8. The van der Waals surface area contributed by atoms with Crippen molar-refractivity contribution in [1.82, 2.24) is 19.8 Å². The smallest absolute Gasteiger partial charge is 0.272 e. The quantitative estimate of drug-likeness (QED) is 0.347. The van der Waals surface area contributed by atoms with Crippen molar-refractivity contribution in [3.05, 3.63) is 119 Å². The van der Waals surface area contributed by atoms with Gasteiger partial charge in [0.05, 0.1) is 34.2 Å². The Labute approximate surface area is 244 Å². The third kappa shape index (κ3) is 4.68. The molecule has 2 aromatic carbocycles. The first-order chi connectivity index (χ1) is 20.4. The van der Waals surface area contributed by atoms with Crippen molar-refractivity contribution in [2.45, 2.75) is 38.8 Å². The summed E-state index contributed by atoms with van der Waals surface area (Å²) in [4.78, 5) is 49.9. The van der Waals surface area contributed by atoms with E-state index < -0.39 is 0 Å². The number of carbonyl (C=O) groups excluding carboxylic acids is 2. The molecule has 8 heteroatoms. The number of aliphatic imine (C=N–C) groups is 2. The summed E-state index contributed by atoms with van der Waals surface area (Å²) in [5, 5.41) is 0. The molecule has 0 radical (unpaired) electrons. The number of piperazine rings is 1. The van der Waals surface area contributed by atoms with Gasteiger partial charge < -0.3 is 9.80 Å². The molecule has 1 saturated heterocycles. The zero-order valence-corrected chi connectivity index (χ0v) is 23.6. The summed E-state index contributed by atoms with van der Waals surface area (Å²) in [6.45, 7) is 4.76. The van der Waals surface area contributed by atoms with Gasteiger partial charge in [-0.25, -0.2) is 9.97 Å². The minimum absolute atomic E-state index is 0.140. The third-order valence-corrected chi connectivity index (χ3v) is 8.25. The third-order valence-electron chi connectivity index (χ3n) is 8.25. The minimum atomic E-state index is -0.187. The first kappa shape index (κ1) is 26.0. The minimum Gasteiger partial charge on any atom is -0.331 e. The van der Waals surface area contributed by atoms with Crippen molar-refractivity contribution in [1.29, 1.82) is 0 Å². The molecule has 8 nitrogen and oxygen atoms in total. The Morgan fingerprint density at radius 3 is 1.45 bits per heavy atom. The van der Waals surface area contributed by atoms with Crippen LogP contribution in [-0.2, 0) is 12.8 Å². The number of benzene rings is 2. The molecule has 42 heavy (non-hydrogen) atoms. The first-order valence-electron chi connectivity index (χ1n) is 14.3. The highest BCUT2D eigenvalue weighted by Crippen LogP contribution is 2.29. The number of nitrogens with zero attached hydrogens (tertiary/aromatic N) is 6. The van der Waals surface area contributed by atoms with E-state index in [-0.39, 0.29) is 23.9 Å². The standard InChI is InChI=1S/C34H30N6O2/c1-21-19-40(34(42)30-16-8-14-28(38-30)32-18-24-10-4-6-12-26(24)36-32)22(2)20-39(21)33(41)29-15-7-13-27(37-29)31-17-23-9-3-5-11-25(23)35-31/h3-16,21-22H,17-20H2,1-2H3/t21-,22+. The van der Waals surface area contributed by atoms with Crippen LogP contribution in [0, 0.1) is 0 Å². The lowest BCUT2D eigenvalue weighted by atomic mass is 10.1. The predicted octanol–water partition coefficient (Wildman–Crippen LogP) is 5.21. The van der Waals surface area contributed by atoms with Gasteiger partial charge in [0.15, 0.2) is 0 Å². The average Bonchev–Trinajstić information content (AvgIpc) is 3.66.